The van der Waals surface area contributed by atoms with E-state index in [4.69, 9.17) is 0 Å². The molecule has 1 aliphatic heterocycles. The summed E-state index contributed by atoms with van der Waals surface area (Å²) >= 11 is 0. The molecule has 3 heteroatoms. The lowest BCUT2D eigenvalue weighted by atomic mass is 10.1. The van der Waals surface area contributed by atoms with Gasteiger partial charge in [-0.3, -0.25) is 0 Å². The highest BCUT2D eigenvalue weighted by Gasteiger charge is 2.38. The maximum Gasteiger partial charge on any atom is 0.211 e. The summed E-state index contributed by atoms with van der Waals surface area (Å²) in [5, 5.41) is 6.31. The molecule has 0 aliphatic carbocycles. The van der Waals surface area contributed by atoms with E-state index < -0.39 is 8.07 Å². The fraction of sp³-hybridized carbons (Fsp3) is 0.667. The zero-order chi connectivity index (χ0) is 11.2. The number of aromatic nitrogens is 2. The number of rotatable bonds is 1. The van der Waals surface area contributed by atoms with E-state index in [0.717, 1.165) is 6.42 Å². The molecular formula is C12H21N2Si+. The van der Waals surface area contributed by atoms with E-state index in [-0.39, 0.29) is 0 Å². The van der Waals surface area contributed by atoms with Crippen LogP contribution in [0, 0.1) is 6.92 Å². The number of aryl methyl sites for hydroxylation is 2. The molecule has 0 bridgehead atoms. The molecule has 15 heavy (non-hydrogen) atoms. The lowest BCUT2D eigenvalue weighted by molar-refractivity contribution is -0.738. The van der Waals surface area contributed by atoms with Gasteiger partial charge in [0.1, 0.15) is 5.69 Å². The van der Waals surface area contributed by atoms with Crippen molar-refractivity contribution in [3.8, 4) is 0 Å². The summed E-state index contributed by atoms with van der Waals surface area (Å²) in [5.74, 6) is 0. The van der Waals surface area contributed by atoms with Gasteiger partial charge in [0.05, 0.1) is 8.07 Å². The molecule has 0 fully saturated rings. The number of nitrogens with zero attached hydrogens (tertiary/aromatic N) is 2. The molecule has 2 rings (SSSR count). The van der Waals surface area contributed by atoms with Crippen molar-refractivity contribution in [2.75, 3.05) is 0 Å². The summed E-state index contributed by atoms with van der Waals surface area (Å²) < 4.78 is 2.09. The number of hydrogen-bond acceptors (Lipinski definition) is 1. The number of fused-ring (bicyclic) bond motifs is 1. The second-order valence-corrected chi connectivity index (χ2v) is 10.0. The van der Waals surface area contributed by atoms with Crippen LogP contribution in [0.1, 0.15) is 23.9 Å². The summed E-state index contributed by atoms with van der Waals surface area (Å²) in [5.41, 5.74) is 4.36. The second-order valence-electron chi connectivity index (χ2n) is 5.25. The van der Waals surface area contributed by atoms with Crippen LogP contribution < -0.4 is 9.87 Å². The van der Waals surface area contributed by atoms with Crippen molar-refractivity contribution in [2.45, 2.75) is 45.8 Å². The van der Waals surface area contributed by atoms with Crippen LogP contribution in [-0.2, 0) is 19.9 Å². The Balaban J connectivity index is 2.72. The zero-order valence-corrected chi connectivity index (χ0v) is 11.5. The third-order valence-electron chi connectivity index (χ3n) is 3.71. The van der Waals surface area contributed by atoms with Crippen LogP contribution in [0.25, 0.3) is 0 Å². The molecule has 2 heterocycles. The molecule has 0 amide bonds. The maximum atomic E-state index is 4.66. The van der Waals surface area contributed by atoms with Crippen molar-refractivity contribution in [3.05, 3.63) is 17.0 Å². The topological polar surface area (TPSA) is 16.8 Å². The van der Waals surface area contributed by atoms with E-state index in [2.05, 4.69) is 43.8 Å². The highest BCUT2D eigenvalue weighted by atomic mass is 28.3. The predicted molar refractivity (Wildman–Crippen MR) is 65.2 cm³/mol. The van der Waals surface area contributed by atoms with Crippen molar-refractivity contribution in [2.24, 2.45) is 7.05 Å². The fourth-order valence-corrected chi connectivity index (χ4v) is 6.31. The summed E-state index contributed by atoms with van der Waals surface area (Å²) in [6.07, 6.45) is 2.39. The molecule has 1 aromatic rings. The van der Waals surface area contributed by atoms with Crippen molar-refractivity contribution < 1.29 is 4.68 Å². The monoisotopic (exact) mass is 221 g/mol. The predicted octanol–water partition coefficient (Wildman–Crippen LogP) is 1.25. The standard InChI is InChI=1S/C12H21N2Si/c1-6-11-10-7-8-15(4,5)12(10)9(2)13-14(11)3/h6-8H2,1-5H3/q+1. The van der Waals surface area contributed by atoms with Gasteiger partial charge in [0.15, 0.2) is 7.05 Å². The van der Waals surface area contributed by atoms with Crippen molar-refractivity contribution in [1.29, 1.82) is 0 Å². The third kappa shape index (κ3) is 1.53. The highest BCUT2D eigenvalue weighted by molar-refractivity contribution is 6.91. The minimum atomic E-state index is -1.15. The SMILES string of the molecule is CCc1c2c(c(C)n[n+]1C)[Si](C)(C)CC2. The van der Waals surface area contributed by atoms with E-state index in [1.54, 1.807) is 10.8 Å². The van der Waals surface area contributed by atoms with Crippen LogP contribution >= 0.6 is 0 Å². The lowest BCUT2D eigenvalue weighted by Gasteiger charge is -2.17. The van der Waals surface area contributed by atoms with Gasteiger partial charge in [-0.25, -0.2) is 0 Å². The highest BCUT2D eigenvalue weighted by Crippen LogP contribution is 2.25. The van der Waals surface area contributed by atoms with Crippen LogP contribution in [0.5, 0.6) is 0 Å². The summed E-state index contributed by atoms with van der Waals surface area (Å²) in [7, 11) is 0.931. The molecule has 82 valence electrons. The minimum Gasteiger partial charge on any atom is -0.0907 e. The van der Waals surface area contributed by atoms with Crippen LogP contribution in [0.4, 0.5) is 0 Å². The smallest absolute Gasteiger partial charge is 0.0907 e. The first-order valence-corrected chi connectivity index (χ1v) is 9.07. The van der Waals surface area contributed by atoms with E-state index in [9.17, 15) is 0 Å². The molecule has 0 saturated carbocycles. The van der Waals surface area contributed by atoms with Crippen LogP contribution in [-0.4, -0.2) is 13.2 Å². The number of hydrogen-bond donors (Lipinski definition) is 0. The molecule has 1 aliphatic rings. The Morgan fingerprint density at radius 3 is 2.67 bits per heavy atom. The third-order valence-corrected chi connectivity index (χ3v) is 7.23. The average molecular weight is 221 g/mol. The van der Waals surface area contributed by atoms with Gasteiger partial charge in [-0.1, -0.05) is 24.7 Å². The maximum absolute atomic E-state index is 4.66. The normalized spacial score (nSPS) is 17.9. The van der Waals surface area contributed by atoms with Gasteiger partial charge in [0.2, 0.25) is 5.69 Å². The largest absolute Gasteiger partial charge is 0.211 e. The zero-order valence-electron chi connectivity index (χ0n) is 10.5. The summed E-state index contributed by atoms with van der Waals surface area (Å²) in [6, 6.07) is 1.40. The molecule has 0 aromatic carbocycles. The molecular weight excluding hydrogens is 200 g/mol. The van der Waals surface area contributed by atoms with E-state index in [1.165, 1.54) is 23.9 Å². The van der Waals surface area contributed by atoms with Crippen molar-refractivity contribution >= 4 is 13.3 Å². The molecule has 0 unspecified atom stereocenters. The molecule has 1 aromatic heterocycles. The van der Waals surface area contributed by atoms with Crippen LogP contribution in [0.2, 0.25) is 19.1 Å². The van der Waals surface area contributed by atoms with Gasteiger partial charge in [0.25, 0.3) is 0 Å². The van der Waals surface area contributed by atoms with Gasteiger partial charge in [-0.2, -0.15) is 0 Å². The Bertz CT molecular complexity index is 411. The molecule has 0 N–H and O–H groups in total. The molecule has 2 nitrogen and oxygen atoms in total. The van der Waals surface area contributed by atoms with Crippen LogP contribution in [0.3, 0.4) is 0 Å². The molecule has 0 saturated heterocycles. The molecule has 0 radical (unpaired) electrons. The Hall–Kier alpha value is -0.703. The Morgan fingerprint density at radius 2 is 2.07 bits per heavy atom. The first-order chi connectivity index (χ1) is 6.97. The summed E-state index contributed by atoms with van der Waals surface area (Å²) in [4.78, 5) is 0. The van der Waals surface area contributed by atoms with E-state index in [0.29, 0.717) is 0 Å². The Labute approximate surface area is 93.3 Å². The molecule has 0 atom stereocenters. The van der Waals surface area contributed by atoms with Gasteiger partial charge >= 0.3 is 0 Å². The van der Waals surface area contributed by atoms with Crippen LogP contribution in [0.15, 0.2) is 0 Å². The van der Waals surface area contributed by atoms with Gasteiger partial charge in [-0.05, 0) is 29.7 Å². The van der Waals surface area contributed by atoms with Gasteiger partial charge in [-0.15, -0.1) is 0 Å². The van der Waals surface area contributed by atoms with E-state index >= 15 is 0 Å². The van der Waals surface area contributed by atoms with E-state index in [1.807, 2.05) is 0 Å². The average Bonchev–Trinajstić information content (AvgIpc) is 2.43. The van der Waals surface area contributed by atoms with Gasteiger partial charge < -0.3 is 0 Å². The Morgan fingerprint density at radius 1 is 1.40 bits per heavy atom. The fourth-order valence-electron chi connectivity index (χ4n) is 3.07. The lowest BCUT2D eigenvalue weighted by Crippen LogP contribution is -2.48. The first kappa shape index (κ1) is 10.8. The Kier molecular flexibility index (Phi) is 2.45. The first-order valence-electron chi connectivity index (χ1n) is 5.86. The second kappa shape index (κ2) is 3.41. The quantitative estimate of drug-likeness (QED) is 0.515. The molecule has 0 spiro atoms. The minimum absolute atomic E-state index is 1.11. The summed E-state index contributed by atoms with van der Waals surface area (Å²) in [6.45, 7) is 9.37. The van der Waals surface area contributed by atoms with Gasteiger partial charge in [0, 0.05) is 12.0 Å². The van der Waals surface area contributed by atoms with Crippen molar-refractivity contribution in [3.63, 3.8) is 0 Å². The van der Waals surface area contributed by atoms with Crippen molar-refractivity contribution in [1.82, 2.24) is 5.10 Å².